The summed E-state index contributed by atoms with van der Waals surface area (Å²) in [6.45, 7) is 6.36. The van der Waals surface area contributed by atoms with E-state index >= 15 is 0 Å². The van der Waals surface area contributed by atoms with Crippen molar-refractivity contribution in [3.05, 3.63) is 111 Å². The second-order valence-electron chi connectivity index (χ2n) is 9.84. The van der Waals surface area contributed by atoms with Gasteiger partial charge in [-0.2, -0.15) is 0 Å². The van der Waals surface area contributed by atoms with Gasteiger partial charge in [-0.15, -0.1) is 0 Å². The molecule has 0 aliphatic rings. The van der Waals surface area contributed by atoms with Crippen LogP contribution in [0.2, 0.25) is 0 Å². The van der Waals surface area contributed by atoms with E-state index in [1.165, 1.54) is 12.1 Å². The van der Waals surface area contributed by atoms with Crippen molar-refractivity contribution in [3.63, 3.8) is 0 Å². The molecule has 0 saturated heterocycles. The minimum atomic E-state index is -0.450. The second kappa shape index (κ2) is 12.1. The van der Waals surface area contributed by atoms with Crippen LogP contribution in [0.5, 0.6) is 0 Å². The van der Waals surface area contributed by atoms with Crippen molar-refractivity contribution in [2.75, 3.05) is 18.0 Å². The van der Waals surface area contributed by atoms with E-state index in [4.69, 9.17) is 4.74 Å². The van der Waals surface area contributed by atoms with E-state index in [-0.39, 0.29) is 36.9 Å². The van der Waals surface area contributed by atoms with Crippen LogP contribution in [-0.4, -0.2) is 32.9 Å². The normalized spacial score (nSPS) is 11.2. The average Bonchev–Trinajstić information content (AvgIpc) is 3.36. The molecule has 3 aromatic carbocycles. The molecule has 0 fully saturated rings. The number of nitro groups is 1. The maximum absolute atomic E-state index is 14.1. The summed E-state index contributed by atoms with van der Waals surface area (Å²) in [5.41, 5.74) is 4.52. The number of esters is 1. The number of nitrogens with zero attached hydrogens (tertiary/aromatic N) is 4. The van der Waals surface area contributed by atoms with E-state index in [0.29, 0.717) is 17.7 Å². The largest absolute Gasteiger partial charge is 0.461 e. The van der Waals surface area contributed by atoms with Crippen molar-refractivity contribution in [1.82, 2.24) is 8.97 Å². The molecule has 0 atom stereocenters. The number of ether oxygens (including phenoxy) is 1. The molecule has 5 rings (SSSR count). The zero-order valence-electron chi connectivity index (χ0n) is 23.2. The van der Waals surface area contributed by atoms with Crippen molar-refractivity contribution < 1.29 is 14.5 Å². The summed E-state index contributed by atoms with van der Waals surface area (Å²) in [5.74, 6) is -0.338. The summed E-state index contributed by atoms with van der Waals surface area (Å²) in [6.07, 6.45) is 0.540. The number of non-ortho nitro benzene ring substituents is 1. The molecule has 0 N–H and O–H groups in total. The monoisotopic (exact) mass is 552 g/mol. The number of nitro benzene ring substituents is 1. The summed E-state index contributed by atoms with van der Waals surface area (Å²) in [7, 11) is 0. The van der Waals surface area contributed by atoms with Gasteiger partial charge in [0.2, 0.25) is 0 Å². The molecule has 0 aliphatic heterocycles. The van der Waals surface area contributed by atoms with Gasteiger partial charge >= 0.3 is 11.7 Å². The summed E-state index contributed by atoms with van der Waals surface area (Å²) < 4.78 is 8.76. The number of rotatable bonds is 11. The zero-order valence-corrected chi connectivity index (χ0v) is 23.2. The summed E-state index contributed by atoms with van der Waals surface area (Å²) in [5, 5.41) is 12.2. The van der Waals surface area contributed by atoms with Crippen LogP contribution < -0.4 is 10.6 Å². The van der Waals surface area contributed by atoms with Gasteiger partial charge in [0.15, 0.2) is 0 Å². The van der Waals surface area contributed by atoms with Crippen LogP contribution >= 0.6 is 0 Å². The molecule has 2 heterocycles. The van der Waals surface area contributed by atoms with Crippen molar-refractivity contribution in [2.45, 2.75) is 39.8 Å². The number of aromatic nitrogens is 2. The van der Waals surface area contributed by atoms with Crippen LogP contribution in [0.3, 0.4) is 0 Å². The van der Waals surface area contributed by atoms with Gasteiger partial charge in [-0.05, 0) is 67.8 Å². The molecule has 210 valence electrons. The molecule has 0 radical (unpaired) electrons. The highest BCUT2D eigenvalue weighted by Gasteiger charge is 2.17. The Kier molecular flexibility index (Phi) is 8.14. The lowest BCUT2D eigenvalue weighted by Crippen LogP contribution is -2.28. The third-order valence-electron chi connectivity index (χ3n) is 7.32. The number of hydrogen-bond donors (Lipinski definition) is 0. The smallest absolute Gasteiger partial charge is 0.333 e. The van der Waals surface area contributed by atoms with Gasteiger partial charge in [-0.3, -0.25) is 23.9 Å². The van der Waals surface area contributed by atoms with E-state index in [2.05, 4.69) is 24.8 Å². The molecule has 2 aromatic heterocycles. The van der Waals surface area contributed by atoms with E-state index in [9.17, 15) is 19.7 Å². The van der Waals surface area contributed by atoms with Gasteiger partial charge in [-0.25, -0.2) is 4.79 Å². The summed E-state index contributed by atoms with van der Waals surface area (Å²) in [4.78, 5) is 39.5. The molecular weight excluding hydrogens is 520 g/mol. The Balaban J connectivity index is 1.50. The number of anilines is 1. The van der Waals surface area contributed by atoms with Gasteiger partial charge in [0.1, 0.15) is 6.61 Å². The van der Waals surface area contributed by atoms with E-state index in [1.807, 2.05) is 54.6 Å². The predicted octanol–water partition coefficient (Wildman–Crippen LogP) is 6.20. The number of benzene rings is 3. The fraction of sp³-hybridized carbons (Fsp3) is 0.250. The Morgan fingerprint density at radius 1 is 0.951 bits per heavy atom. The van der Waals surface area contributed by atoms with Crippen molar-refractivity contribution in [2.24, 2.45) is 0 Å². The number of fused-ring (bicyclic) bond motifs is 3. The van der Waals surface area contributed by atoms with Gasteiger partial charge in [-0.1, -0.05) is 36.4 Å². The molecule has 0 bridgehead atoms. The molecular formula is C32H32N4O5. The lowest BCUT2D eigenvalue weighted by Gasteiger charge is -2.21. The van der Waals surface area contributed by atoms with Crippen molar-refractivity contribution in [3.8, 4) is 11.3 Å². The highest BCUT2D eigenvalue weighted by molar-refractivity contribution is 5.90. The number of hydrogen-bond acceptors (Lipinski definition) is 6. The van der Waals surface area contributed by atoms with E-state index < -0.39 is 4.92 Å². The van der Waals surface area contributed by atoms with Crippen LogP contribution in [0.25, 0.3) is 27.7 Å². The fourth-order valence-corrected chi connectivity index (χ4v) is 5.16. The van der Waals surface area contributed by atoms with Crippen LogP contribution in [0.1, 0.15) is 32.3 Å². The standard InChI is InChI=1S/C32H32N4O5/c1-3-33(4-2)27-17-14-25-19-28-21-29(24-12-15-26(16-13-24)36(39)40)34(32(38)35(28)30(25)20-27)18-8-11-31(37)41-22-23-9-6-5-7-10-23/h5-7,9-10,12-17,19-21H,3-4,8,11,18,22H2,1-2H3. The van der Waals surface area contributed by atoms with Crippen molar-refractivity contribution >= 4 is 33.8 Å². The van der Waals surface area contributed by atoms with Gasteiger partial charge in [0, 0.05) is 49.3 Å². The number of carbonyl (C=O) groups excluding carboxylic acids is 1. The minimum absolute atomic E-state index is 0.0257. The number of carbonyl (C=O) groups is 1. The molecule has 5 aromatic rings. The minimum Gasteiger partial charge on any atom is -0.461 e. The molecule has 9 nitrogen and oxygen atoms in total. The zero-order chi connectivity index (χ0) is 28.9. The summed E-state index contributed by atoms with van der Waals surface area (Å²) in [6, 6.07) is 25.6. The van der Waals surface area contributed by atoms with Crippen LogP contribution in [0, 0.1) is 10.1 Å². The first-order valence-electron chi connectivity index (χ1n) is 13.8. The van der Waals surface area contributed by atoms with Crippen LogP contribution in [0.4, 0.5) is 11.4 Å². The molecule has 41 heavy (non-hydrogen) atoms. The maximum atomic E-state index is 14.1. The predicted molar refractivity (Wildman–Crippen MR) is 160 cm³/mol. The highest BCUT2D eigenvalue weighted by atomic mass is 16.6. The summed E-state index contributed by atoms with van der Waals surface area (Å²) >= 11 is 0. The Hall–Kier alpha value is -4.92. The van der Waals surface area contributed by atoms with Crippen LogP contribution in [-0.2, 0) is 22.7 Å². The second-order valence-corrected chi connectivity index (χ2v) is 9.84. The third-order valence-corrected chi connectivity index (χ3v) is 7.32. The average molecular weight is 553 g/mol. The first kappa shape index (κ1) is 27.6. The molecule has 9 heteroatoms. The molecule has 0 aliphatic carbocycles. The van der Waals surface area contributed by atoms with Gasteiger partial charge in [0.25, 0.3) is 5.69 Å². The SMILES string of the molecule is CCN(CC)c1ccc2cc3cc(-c4ccc([N+](=O)[O-])cc4)n(CCCC(=O)OCc4ccccc4)c(=O)n3c2c1. The first-order valence-corrected chi connectivity index (χ1v) is 13.8. The highest BCUT2D eigenvalue weighted by Crippen LogP contribution is 2.28. The molecule has 0 saturated carbocycles. The molecule has 0 unspecified atom stereocenters. The van der Waals surface area contributed by atoms with Crippen molar-refractivity contribution in [1.29, 1.82) is 0 Å². The molecule has 0 amide bonds. The Bertz CT molecular complexity index is 1750. The maximum Gasteiger partial charge on any atom is 0.333 e. The third kappa shape index (κ3) is 5.84. The Morgan fingerprint density at radius 2 is 1.68 bits per heavy atom. The van der Waals surface area contributed by atoms with E-state index in [1.54, 1.807) is 21.1 Å². The Labute approximate surface area is 237 Å². The quantitative estimate of drug-likeness (QED) is 0.110. The molecule has 0 spiro atoms. The van der Waals surface area contributed by atoms with Crippen LogP contribution in [0.15, 0.2) is 89.7 Å². The van der Waals surface area contributed by atoms with Gasteiger partial charge < -0.3 is 9.64 Å². The topological polar surface area (TPSA) is 99.1 Å². The Morgan fingerprint density at radius 3 is 2.37 bits per heavy atom. The fourth-order valence-electron chi connectivity index (χ4n) is 5.16. The first-order chi connectivity index (χ1) is 19.9. The lowest BCUT2D eigenvalue weighted by molar-refractivity contribution is -0.384. The van der Waals surface area contributed by atoms with Gasteiger partial charge in [0.05, 0.1) is 21.7 Å². The van der Waals surface area contributed by atoms with E-state index in [0.717, 1.165) is 40.8 Å². The lowest BCUT2D eigenvalue weighted by atomic mass is 10.1.